The summed E-state index contributed by atoms with van der Waals surface area (Å²) in [5.41, 5.74) is 4.58. The molecule has 26 heavy (non-hydrogen) atoms. The van der Waals surface area contributed by atoms with Gasteiger partial charge in [-0.1, -0.05) is 23.4 Å². The second kappa shape index (κ2) is 7.72. The van der Waals surface area contributed by atoms with Crippen LogP contribution in [-0.2, 0) is 22.4 Å². The fourth-order valence-corrected chi connectivity index (χ4v) is 3.37. The summed E-state index contributed by atoms with van der Waals surface area (Å²) in [6.07, 6.45) is 4.69. The maximum atomic E-state index is 12.1. The molecule has 3 rings (SSSR count). The van der Waals surface area contributed by atoms with E-state index in [4.69, 9.17) is 9.26 Å². The molecule has 1 amide bonds. The molecule has 2 aromatic rings. The van der Waals surface area contributed by atoms with Crippen molar-refractivity contribution >= 4 is 11.9 Å². The second-order valence-electron chi connectivity index (χ2n) is 6.80. The van der Waals surface area contributed by atoms with Gasteiger partial charge in [-0.25, -0.2) is 4.79 Å². The van der Waals surface area contributed by atoms with Gasteiger partial charge in [0.1, 0.15) is 11.3 Å². The lowest BCUT2D eigenvalue weighted by molar-refractivity contribution is -0.124. The van der Waals surface area contributed by atoms with Crippen LogP contribution in [0, 0.1) is 13.8 Å². The number of amides is 1. The molecule has 1 N–H and O–H groups in total. The molecule has 1 aromatic heterocycles. The smallest absolute Gasteiger partial charge is 0.344 e. The summed E-state index contributed by atoms with van der Waals surface area (Å²) >= 11 is 0. The number of rotatable bonds is 5. The van der Waals surface area contributed by atoms with Gasteiger partial charge in [0.2, 0.25) is 0 Å². The molecule has 138 valence electrons. The molecule has 1 aliphatic rings. The van der Waals surface area contributed by atoms with Crippen molar-refractivity contribution in [3.63, 3.8) is 0 Å². The van der Waals surface area contributed by atoms with E-state index in [0.717, 1.165) is 18.4 Å². The van der Waals surface area contributed by atoms with Gasteiger partial charge in [-0.05, 0) is 63.1 Å². The van der Waals surface area contributed by atoms with Crippen LogP contribution in [0.15, 0.2) is 22.7 Å². The van der Waals surface area contributed by atoms with E-state index in [1.165, 1.54) is 24.0 Å². The van der Waals surface area contributed by atoms with E-state index in [2.05, 4.69) is 28.7 Å². The van der Waals surface area contributed by atoms with Crippen molar-refractivity contribution in [2.75, 3.05) is 6.61 Å². The molecule has 1 unspecified atom stereocenters. The van der Waals surface area contributed by atoms with Gasteiger partial charge >= 0.3 is 5.97 Å². The molecule has 0 aliphatic heterocycles. The molecule has 0 fully saturated rings. The van der Waals surface area contributed by atoms with E-state index in [0.29, 0.717) is 11.5 Å². The maximum Gasteiger partial charge on any atom is 0.344 e. The number of carbonyl (C=O) groups excluding carboxylic acids is 2. The number of fused-ring (bicyclic) bond motifs is 1. The molecule has 6 heteroatoms. The number of nitrogens with zero attached hydrogens (tertiary/aromatic N) is 1. The summed E-state index contributed by atoms with van der Waals surface area (Å²) in [6.45, 7) is 4.89. The first kappa shape index (κ1) is 18.2. The van der Waals surface area contributed by atoms with Crippen LogP contribution in [0.4, 0.5) is 0 Å². The minimum Gasteiger partial charge on any atom is -0.452 e. The molecule has 0 bridgehead atoms. The number of benzene rings is 1. The summed E-state index contributed by atoms with van der Waals surface area (Å²) in [4.78, 5) is 24.2. The molecule has 0 radical (unpaired) electrons. The van der Waals surface area contributed by atoms with Crippen molar-refractivity contribution in [2.24, 2.45) is 0 Å². The van der Waals surface area contributed by atoms with E-state index >= 15 is 0 Å². The first-order valence-corrected chi connectivity index (χ1v) is 8.96. The van der Waals surface area contributed by atoms with Crippen molar-refractivity contribution in [1.82, 2.24) is 10.5 Å². The highest BCUT2D eigenvalue weighted by Crippen LogP contribution is 2.24. The third kappa shape index (κ3) is 3.95. The Bertz CT molecular complexity index is 806. The van der Waals surface area contributed by atoms with E-state index in [1.807, 2.05) is 6.92 Å². The number of hydrogen-bond acceptors (Lipinski definition) is 5. The summed E-state index contributed by atoms with van der Waals surface area (Å²) in [5, 5.41) is 6.59. The minimum absolute atomic E-state index is 0.146. The number of hydrogen-bond donors (Lipinski definition) is 1. The maximum absolute atomic E-state index is 12.1. The normalized spacial score (nSPS) is 14.4. The van der Waals surface area contributed by atoms with Crippen molar-refractivity contribution in [3.8, 4) is 0 Å². The summed E-state index contributed by atoms with van der Waals surface area (Å²) < 4.78 is 10.0. The number of ether oxygens (including phenoxy) is 1. The standard InChI is InChI=1S/C20H24N2O4/c1-12(16-9-8-15-6-4-5-7-17(15)10-16)21-18(23)11-25-20(24)19-13(2)22-26-14(19)3/h8-10,12H,4-7,11H2,1-3H3,(H,21,23). The molecule has 1 heterocycles. The van der Waals surface area contributed by atoms with Crippen molar-refractivity contribution in [3.05, 3.63) is 51.9 Å². The number of aromatic nitrogens is 1. The van der Waals surface area contributed by atoms with Crippen LogP contribution in [0.1, 0.15) is 64.3 Å². The Kier molecular flexibility index (Phi) is 5.40. The number of carbonyl (C=O) groups is 2. The third-order valence-electron chi connectivity index (χ3n) is 4.82. The summed E-state index contributed by atoms with van der Waals surface area (Å²) in [7, 11) is 0. The molecule has 0 saturated heterocycles. The topological polar surface area (TPSA) is 81.4 Å². The Balaban J connectivity index is 1.55. The van der Waals surface area contributed by atoms with Crippen LogP contribution >= 0.6 is 0 Å². The van der Waals surface area contributed by atoms with Crippen LogP contribution in [-0.4, -0.2) is 23.6 Å². The number of nitrogens with one attached hydrogen (secondary N) is 1. The Morgan fingerprint density at radius 3 is 2.65 bits per heavy atom. The fraction of sp³-hybridized carbons (Fsp3) is 0.450. The van der Waals surface area contributed by atoms with Gasteiger partial charge in [-0.2, -0.15) is 0 Å². The highest BCUT2D eigenvalue weighted by molar-refractivity contribution is 5.93. The van der Waals surface area contributed by atoms with Crippen LogP contribution in [0.5, 0.6) is 0 Å². The highest BCUT2D eigenvalue weighted by atomic mass is 16.5. The number of aryl methyl sites for hydroxylation is 4. The van der Waals surface area contributed by atoms with Gasteiger partial charge in [0.15, 0.2) is 6.61 Å². The largest absolute Gasteiger partial charge is 0.452 e. The zero-order valence-corrected chi connectivity index (χ0v) is 15.4. The van der Waals surface area contributed by atoms with Gasteiger partial charge in [0.25, 0.3) is 5.91 Å². The van der Waals surface area contributed by atoms with Gasteiger partial charge in [0, 0.05) is 0 Å². The lowest BCUT2D eigenvalue weighted by atomic mass is 9.89. The van der Waals surface area contributed by atoms with Gasteiger partial charge in [-0.15, -0.1) is 0 Å². The molecule has 0 spiro atoms. The SMILES string of the molecule is Cc1noc(C)c1C(=O)OCC(=O)NC(C)c1ccc2c(c1)CCCC2. The van der Waals surface area contributed by atoms with Crippen LogP contribution < -0.4 is 5.32 Å². The van der Waals surface area contributed by atoms with Crippen molar-refractivity contribution in [2.45, 2.75) is 52.5 Å². The van der Waals surface area contributed by atoms with Gasteiger partial charge < -0.3 is 14.6 Å². The van der Waals surface area contributed by atoms with E-state index in [1.54, 1.807) is 13.8 Å². The highest BCUT2D eigenvalue weighted by Gasteiger charge is 2.20. The van der Waals surface area contributed by atoms with Crippen molar-refractivity contribution < 1.29 is 18.8 Å². The lowest BCUT2D eigenvalue weighted by Crippen LogP contribution is -2.31. The average molecular weight is 356 g/mol. The first-order valence-electron chi connectivity index (χ1n) is 8.96. The summed E-state index contributed by atoms with van der Waals surface area (Å²) in [6, 6.07) is 6.25. The quantitative estimate of drug-likeness (QED) is 0.832. The zero-order chi connectivity index (χ0) is 18.7. The Morgan fingerprint density at radius 1 is 1.23 bits per heavy atom. The van der Waals surface area contributed by atoms with E-state index in [-0.39, 0.29) is 24.1 Å². The van der Waals surface area contributed by atoms with E-state index < -0.39 is 5.97 Å². The van der Waals surface area contributed by atoms with Gasteiger partial charge in [0.05, 0.1) is 11.7 Å². The lowest BCUT2D eigenvalue weighted by Gasteiger charge is -2.20. The predicted octanol–water partition coefficient (Wildman–Crippen LogP) is 3.20. The molecule has 6 nitrogen and oxygen atoms in total. The molecule has 0 saturated carbocycles. The monoisotopic (exact) mass is 356 g/mol. The van der Waals surface area contributed by atoms with Crippen LogP contribution in [0.25, 0.3) is 0 Å². The zero-order valence-electron chi connectivity index (χ0n) is 15.4. The van der Waals surface area contributed by atoms with Crippen LogP contribution in [0.3, 0.4) is 0 Å². The first-order chi connectivity index (χ1) is 12.5. The molecular weight excluding hydrogens is 332 g/mol. The molecule has 1 atom stereocenters. The molecular formula is C20H24N2O4. The second-order valence-corrected chi connectivity index (χ2v) is 6.80. The Morgan fingerprint density at radius 2 is 1.96 bits per heavy atom. The Hall–Kier alpha value is -2.63. The Labute approximate surface area is 152 Å². The predicted molar refractivity (Wildman–Crippen MR) is 95.9 cm³/mol. The van der Waals surface area contributed by atoms with Gasteiger partial charge in [-0.3, -0.25) is 4.79 Å². The molecule has 1 aromatic carbocycles. The van der Waals surface area contributed by atoms with Crippen molar-refractivity contribution in [1.29, 1.82) is 0 Å². The number of esters is 1. The fourth-order valence-electron chi connectivity index (χ4n) is 3.37. The minimum atomic E-state index is -0.599. The summed E-state index contributed by atoms with van der Waals surface area (Å²) in [5.74, 6) is -0.552. The third-order valence-corrected chi connectivity index (χ3v) is 4.82. The molecule has 1 aliphatic carbocycles. The van der Waals surface area contributed by atoms with Crippen LogP contribution in [0.2, 0.25) is 0 Å². The average Bonchev–Trinajstić information content (AvgIpc) is 2.97. The van der Waals surface area contributed by atoms with E-state index in [9.17, 15) is 9.59 Å².